The molecule has 128 valence electrons. The topological polar surface area (TPSA) is 63.7 Å². The van der Waals surface area contributed by atoms with Crippen LogP contribution in [0.5, 0.6) is 5.75 Å². The number of urea groups is 1. The molecule has 0 spiro atoms. The number of nitrogens with one attached hydrogen (secondary N) is 1. The number of amides is 2. The fraction of sp³-hybridized carbons (Fsp3) is 0.412. The van der Waals surface area contributed by atoms with Crippen molar-refractivity contribution >= 4 is 23.1 Å². The maximum atomic E-state index is 12.4. The molecule has 0 bridgehead atoms. The van der Waals surface area contributed by atoms with Crippen molar-refractivity contribution in [2.45, 2.75) is 32.7 Å². The maximum Gasteiger partial charge on any atom is 0.322 e. The molecule has 6 nitrogen and oxygen atoms in total. The minimum absolute atomic E-state index is 0.0484. The Kier molecular flexibility index (Phi) is 5.32. The Bertz CT molecular complexity index is 667. The van der Waals surface area contributed by atoms with Gasteiger partial charge in [-0.2, -0.15) is 0 Å². The Labute approximate surface area is 145 Å². The molecule has 7 heteroatoms. The van der Waals surface area contributed by atoms with Gasteiger partial charge in [-0.3, -0.25) is 0 Å². The Morgan fingerprint density at radius 2 is 2.21 bits per heavy atom. The Morgan fingerprint density at radius 1 is 1.42 bits per heavy atom. The fourth-order valence-electron chi connectivity index (χ4n) is 2.68. The van der Waals surface area contributed by atoms with E-state index < -0.39 is 0 Å². The SMILES string of the molecule is CC1CN(C(=O)Nc2cccc(OCc3cscn3)c2)CC(C)O1. The van der Waals surface area contributed by atoms with Gasteiger partial charge in [0.25, 0.3) is 0 Å². The highest BCUT2D eigenvalue weighted by Crippen LogP contribution is 2.20. The summed E-state index contributed by atoms with van der Waals surface area (Å²) in [5, 5.41) is 4.87. The van der Waals surface area contributed by atoms with Crippen LogP contribution in [0, 0.1) is 0 Å². The lowest BCUT2D eigenvalue weighted by Gasteiger charge is -2.35. The van der Waals surface area contributed by atoms with Gasteiger partial charge in [0.2, 0.25) is 0 Å². The van der Waals surface area contributed by atoms with Crippen LogP contribution < -0.4 is 10.1 Å². The summed E-state index contributed by atoms with van der Waals surface area (Å²) in [6.07, 6.45) is 0.0968. The summed E-state index contributed by atoms with van der Waals surface area (Å²) in [5.74, 6) is 0.699. The summed E-state index contributed by atoms with van der Waals surface area (Å²) < 4.78 is 11.4. The maximum absolute atomic E-state index is 12.4. The lowest BCUT2D eigenvalue weighted by molar-refractivity contribution is -0.0530. The number of aromatic nitrogens is 1. The van der Waals surface area contributed by atoms with E-state index in [4.69, 9.17) is 9.47 Å². The van der Waals surface area contributed by atoms with Crippen LogP contribution in [0.15, 0.2) is 35.2 Å². The van der Waals surface area contributed by atoms with E-state index in [2.05, 4.69) is 10.3 Å². The molecule has 3 rings (SSSR count). The monoisotopic (exact) mass is 347 g/mol. The zero-order chi connectivity index (χ0) is 16.9. The van der Waals surface area contributed by atoms with Crippen molar-refractivity contribution in [1.29, 1.82) is 0 Å². The molecule has 24 heavy (non-hydrogen) atoms. The Morgan fingerprint density at radius 3 is 2.92 bits per heavy atom. The molecule has 1 aromatic heterocycles. The Hall–Kier alpha value is -2.12. The lowest BCUT2D eigenvalue weighted by Crippen LogP contribution is -2.49. The summed E-state index contributed by atoms with van der Waals surface area (Å²) in [6, 6.07) is 7.27. The highest BCUT2D eigenvalue weighted by atomic mass is 32.1. The normalized spacial score (nSPS) is 20.7. The van der Waals surface area contributed by atoms with Gasteiger partial charge in [0.05, 0.1) is 23.4 Å². The molecule has 2 amide bonds. The molecule has 0 radical (unpaired) electrons. The van der Waals surface area contributed by atoms with Crippen molar-refractivity contribution in [3.05, 3.63) is 40.8 Å². The number of morpholine rings is 1. The van der Waals surface area contributed by atoms with Crippen LogP contribution in [-0.4, -0.2) is 41.2 Å². The third-order valence-corrected chi connectivity index (χ3v) is 4.30. The number of ether oxygens (including phenoxy) is 2. The largest absolute Gasteiger partial charge is 0.487 e. The predicted molar refractivity (Wildman–Crippen MR) is 93.5 cm³/mol. The van der Waals surface area contributed by atoms with Crippen LogP contribution in [0.4, 0.5) is 10.5 Å². The van der Waals surface area contributed by atoms with E-state index in [-0.39, 0.29) is 18.2 Å². The molecule has 1 N–H and O–H groups in total. The van der Waals surface area contributed by atoms with E-state index in [0.29, 0.717) is 31.1 Å². The van der Waals surface area contributed by atoms with Crippen LogP contribution in [-0.2, 0) is 11.3 Å². The quantitative estimate of drug-likeness (QED) is 0.921. The summed E-state index contributed by atoms with van der Waals surface area (Å²) in [7, 11) is 0. The number of benzene rings is 1. The summed E-state index contributed by atoms with van der Waals surface area (Å²) in [6.45, 7) is 5.55. The molecular weight excluding hydrogens is 326 g/mol. The first kappa shape index (κ1) is 16.7. The van der Waals surface area contributed by atoms with E-state index in [1.807, 2.05) is 43.5 Å². The first-order valence-corrected chi connectivity index (χ1v) is 8.86. The fourth-order valence-corrected chi connectivity index (χ4v) is 3.22. The van der Waals surface area contributed by atoms with Gasteiger partial charge in [-0.25, -0.2) is 9.78 Å². The van der Waals surface area contributed by atoms with E-state index in [1.165, 1.54) is 11.3 Å². The zero-order valence-electron chi connectivity index (χ0n) is 13.8. The second-order valence-corrected chi connectivity index (χ2v) is 6.61. The number of hydrogen-bond acceptors (Lipinski definition) is 5. The van der Waals surface area contributed by atoms with Crippen molar-refractivity contribution in [1.82, 2.24) is 9.88 Å². The number of hydrogen-bond donors (Lipinski definition) is 1. The number of carbonyl (C=O) groups is 1. The molecular formula is C17H21N3O3S. The standard InChI is InChI=1S/C17H21N3O3S/c1-12-7-20(8-13(2)23-12)17(21)19-14-4-3-5-16(6-14)22-9-15-10-24-11-18-15/h3-6,10-13H,7-9H2,1-2H3,(H,19,21). The minimum atomic E-state index is -0.117. The number of anilines is 1. The highest BCUT2D eigenvalue weighted by Gasteiger charge is 2.25. The highest BCUT2D eigenvalue weighted by molar-refractivity contribution is 7.07. The summed E-state index contributed by atoms with van der Waals surface area (Å²) in [4.78, 5) is 18.4. The van der Waals surface area contributed by atoms with Crippen LogP contribution in [0.25, 0.3) is 0 Å². The van der Waals surface area contributed by atoms with Crippen molar-refractivity contribution in [2.24, 2.45) is 0 Å². The molecule has 0 saturated carbocycles. The second-order valence-electron chi connectivity index (χ2n) is 5.89. The minimum Gasteiger partial charge on any atom is -0.487 e. The van der Waals surface area contributed by atoms with Gasteiger partial charge >= 0.3 is 6.03 Å². The average Bonchev–Trinajstić information content (AvgIpc) is 3.06. The first-order chi connectivity index (χ1) is 11.6. The third kappa shape index (κ3) is 4.46. The molecule has 1 fully saturated rings. The smallest absolute Gasteiger partial charge is 0.322 e. The van der Waals surface area contributed by atoms with Gasteiger partial charge in [-0.05, 0) is 26.0 Å². The zero-order valence-corrected chi connectivity index (χ0v) is 14.6. The van der Waals surface area contributed by atoms with E-state index in [9.17, 15) is 4.79 Å². The van der Waals surface area contributed by atoms with Crippen LogP contribution >= 0.6 is 11.3 Å². The van der Waals surface area contributed by atoms with Gasteiger partial charge in [0.1, 0.15) is 12.4 Å². The first-order valence-electron chi connectivity index (χ1n) is 7.91. The molecule has 1 aliphatic rings. The number of nitrogens with zero attached hydrogens (tertiary/aromatic N) is 2. The number of thiazole rings is 1. The third-order valence-electron chi connectivity index (χ3n) is 3.66. The molecule has 1 aromatic carbocycles. The van der Waals surface area contributed by atoms with E-state index >= 15 is 0 Å². The molecule has 2 atom stereocenters. The molecule has 0 aliphatic carbocycles. The average molecular weight is 347 g/mol. The number of carbonyl (C=O) groups excluding carboxylic acids is 1. The predicted octanol–water partition coefficient (Wildman–Crippen LogP) is 3.36. The number of rotatable bonds is 4. The van der Waals surface area contributed by atoms with Crippen molar-refractivity contribution < 1.29 is 14.3 Å². The second kappa shape index (κ2) is 7.63. The van der Waals surface area contributed by atoms with Crippen LogP contribution in [0.1, 0.15) is 19.5 Å². The van der Waals surface area contributed by atoms with Gasteiger partial charge < -0.3 is 19.7 Å². The molecule has 1 saturated heterocycles. The van der Waals surface area contributed by atoms with E-state index in [0.717, 1.165) is 5.69 Å². The van der Waals surface area contributed by atoms with Crippen molar-refractivity contribution in [3.8, 4) is 5.75 Å². The van der Waals surface area contributed by atoms with Crippen molar-refractivity contribution in [2.75, 3.05) is 18.4 Å². The molecule has 2 aromatic rings. The molecule has 2 heterocycles. The lowest BCUT2D eigenvalue weighted by atomic mass is 10.2. The van der Waals surface area contributed by atoms with Gasteiger partial charge in [-0.15, -0.1) is 11.3 Å². The molecule has 2 unspecified atom stereocenters. The summed E-state index contributed by atoms with van der Waals surface area (Å²) in [5.41, 5.74) is 3.38. The summed E-state index contributed by atoms with van der Waals surface area (Å²) >= 11 is 1.54. The van der Waals surface area contributed by atoms with Gasteiger partial charge in [0.15, 0.2) is 0 Å². The van der Waals surface area contributed by atoms with E-state index in [1.54, 1.807) is 10.4 Å². The van der Waals surface area contributed by atoms with Crippen LogP contribution in [0.3, 0.4) is 0 Å². The van der Waals surface area contributed by atoms with Gasteiger partial charge in [0, 0.05) is 30.2 Å². The van der Waals surface area contributed by atoms with Crippen LogP contribution in [0.2, 0.25) is 0 Å². The van der Waals surface area contributed by atoms with Gasteiger partial charge in [-0.1, -0.05) is 6.07 Å². The molecule has 1 aliphatic heterocycles. The Balaban J connectivity index is 1.58. The van der Waals surface area contributed by atoms with Crippen molar-refractivity contribution in [3.63, 3.8) is 0 Å².